The number of fused-ring (bicyclic) bond motifs is 1. The predicted octanol–water partition coefficient (Wildman–Crippen LogP) is 3.57. The summed E-state index contributed by atoms with van der Waals surface area (Å²) in [6, 6.07) is 1.48. The van der Waals surface area contributed by atoms with E-state index in [2.05, 4.69) is 15.3 Å². The van der Waals surface area contributed by atoms with Crippen LogP contribution in [0.4, 0.5) is 5.00 Å². The van der Waals surface area contributed by atoms with Gasteiger partial charge in [0, 0.05) is 16.6 Å². The number of rotatable bonds is 7. The third-order valence-corrected chi connectivity index (χ3v) is 6.76. The molecule has 0 atom stereocenters. The van der Waals surface area contributed by atoms with E-state index in [4.69, 9.17) is 4.74 Å². The van der Waals surface area contributed by atoms with E-state index >= 15 is 0 Å². The number of amides is 1. The van der Waals surface area contributed by atoms with Crippen LogP contribution in [-0.2, 0) is 28.8 Å². The largest absolute Gasteiger partial charge is 0.465 e. The van der Waals surface area contributed by atoms with E-state index in [0.717, 1.165) is 49.0 Å². The van der Waals surface area contributed by atoms with Crippen molar-refractivity contribution < 1.29 is 14.3 Å². The van der Waals surface area contributed by atoms with Crippen molar-refractivity contribution >= 4 is 40.0 Å². The highest BCUT2D eigenvalue weighted by atomic mass is 32.2. The Morgan fingerprint density at radius 3 is 2.86 bits per heavy atom. The quantitative estimate of drug-likeness (QED) is 0.298. The van der Waals surface area contributed by atoms with E-state index in [9.17, 15) is 14.4 Å². The van der Waals surface area contributed by atoms with Gasteiger partial charge in [0.25, 0.3) is 5.56 Å². The van der Waals surface area contributed by atoms with Crippen molar-refractivity contribution in [2.45, 2.75) is 57.0 Å². The Bertz CT molecular complexity index is 952. The van der Waals surface area contributed by atoms with E-state index < -0.39 is 5.97 Å². The van der Waals surface area contributed by atoms with Crippen LogP contribution in [0.25, 0.3) is 0 Å². The number of H-pyrrole nitrogens is 1. The summed E-state index contributed by atoms with van der Waals surface area (Å²) in [5.41, 5.74) is 2.00. The Labute approximate surface area is 177 Å². The normalized spacial score (nSPS) is 13.4. The van der Waals surface area contributed by atoms with Crippen LogP contribution in [0.2, 0.25) is 0 Å². The van der Waals surface area contributed by atoms with Gasteiger partial charge in [-0.3, -0.25) is 9.59 Å². The zero-order valence-electron chi connectivity index (χ0n) is 16.6. The second kappa shape index (κ2) is 10.1. The Morgan fingerprint density at radius 1 is 1.31 bits per heavy atom. The van der Waals surface area contributed by atoms with Gasteiger partial charge in [0.2, 0.25) is 5.91 Å². The number of aromatic amines is 1. The number of hydrogen-bond donors (Lipinski definition) is 2. The highest BCUT2D eigenvalue weighted by Gasteiger charge is 2.26. The highest BCUT2D eigenvalue weighted by Crippen LogP contribution is 2.38. The van der Waals surface area contributed by atoms with Crippen LogP contribution >= 0.6 is 23.1 Å². The maximum absolute atomic E-state index is 12.5. The lowest BCUT2D eigenvalue weighted by molar-refractivity contribution is -0.113. The lowest BCUT2D eigenvalue weighted by Crippen LogP contribution is -2.17. The molecule has 29 heavy (non-hydrogen) atoms. The van der Waals surface area contributed by atoms with Gasteiger partial charge >= 0.3 is 5.97 Å². The summed E-state index contributed by atoms with van der Waals surface area (Å²) >= 11 is 2.63. The molecule has 3 rings (SSSR count). The summed E-state index contributed by atoms with van der Waals surface area (Å²) < 4.78 is 4.96. The molecule has 0 radical (unpaired) electrons. The van der Waals surface area contributed by atoms with Crippen LogP contribution in [0, 0.1) is 0 Å². The first-order chi connectivity index (χ1) is 14.0. The van der Waals surface area contributed by atoms with Gasteiger partial charge in [-0.15, -0.1) is 11.3 Å². The summed E-state index contributed by atoms with van der Waals surface area (Å²) in [5, 5.41) is 3.84. The third kappa shape index (κ3) is 5.48. The van der Waals surface area contributed by atoms with Gasteiger partial charge in [0.1, 0.15) is 5.00 Å². The Morgan fingerprint density at radius 2 is 2.10 bits per heavy atom. The number of carbonyl (C=O) groups excluding carboxylic acids is 2. The van der Waals surface area contributed by atoms with Crippen molar-refractivity contribution in [2.75, 3.05) is 18.2 Å². The summed E-state index contributed by atoms with van der Waals surface area (Å²) in [4.78, 5) is 44.8. The minimum absolute atomic E-state index is 0.0850. The second-order valence-corrected chi connectivity index (χ2v) is 8.96. The SMILES string of the molecule is CCCc1cc(=O)[nH]c(SCC(=O)Nc2sc3c(c2C(=O)OC)CCCCC3)n1. The number of thiophene rings is 1. The lowest BCUT2D eigenvalue weighted by Gasteiger charge is -2.07. The first kappa shape index (κ1) is 21.6. The van der Waals surface area contributed by atoms with Crippen molar-refractivity contribution in [3.8, 4) is 0 Å². The molecule has 2 N–H and O–H groups in total. The number of nitrogens with one attached hydrogen (secondary N) is 2. The molecule has 0 fully saturated rings. The standard InChI is InChI=1S/C20H25N3O4S2/c1-3-7-12-10-15(24)23-20(21-12)28-11-16(25)22-18-17(19(26)27-2)13-8-5-4-6-9-14(13)29-18/h10H,3-9,11H2,1-2H3,(H,22,25)(H,21,23,24). The molecule has 0 saturated heterocycles. The molecule has 9 heteroatoms. The monoisotopic (exact) mass is 435 g/mol. The van der Waals surface area contributed by atoms with Gasteiger partial charge < -0.3 is 15.0 Å². The number of aromatic nitrogens is 2. The average molecular weight is 436 g/mol. The van der Waals surface area contributed by atoms with Gasteiger partial charge in [0.05, 0.1) is 18.4 Å². The fraction of sp³-hybridized carbons (Fsp3) is 0.500. The smallest absolute Gasteiger partial charge is 0.341 e. The number of esters is 1. The third-order valence-electron chi connectivity index (χ3n) is 4.68. The summed E-state index contributed by atoms with van der Waals surface area (Å²) in [5.74, 6) is -0.576. The van der Waals surface area contributed by atoms with E-state index in [0.29, 0.717) is 27.8 Å². The second-order valence-electron chi connectivity index (χ2n) is 6.89. The number of methoxy groups -OCH3 is 1. The number of hydrogen-bond acceptors (Lipinski definition) is 7. The Hall–Kier alpha value is -2.13. The van der Waals surface area contributed by atoms with Crippen LogP contribution in [-0.4, -0.2) is 34.7 Å². The Balaban J connectivity index is 1.72. The molecule has 1 amide bonds. The number of anilines is 1. The van der Waals surface area contributed by atoms with Crippen LogP contribution in [0.1, 0.15) is 59.1 Å². The van der Waals surface area contributed by atoms with Gasteiger partial charge in [-0.25, -0.2) is 9.78 Å². The van der Waals surface area contributed by atoms with Gasteiger partial charge in [-0.05, 0) is 37.7 Å². The van der Waals surface area contributed by atoms with E-state index in [1.165, 1.54) is 36.3 Å². The molecule has 0 saturated carbocycles. The lowest BCUT2D eigenvalue weighted by atomic mass is 10.1. The predicted molar refractivity (Wildman–Crippen MR) is 115 cm³/mol. The van der Waals surface area contributed by atoms with Crippen molar-refractivity contribution in [2.24, 2.45) is 0 Å². The molecular formula is C20H25N3O4S2. The van der Waals surface area contributed by atoms with Crippen molar-refractivity contribution in [3.63, 3.8) is 0 Å². The number of thioether (sulfide) groups is 1. The van der Waals surface area contributed by atoms with E-state index in [-0.39, 0.29) is 17.2 Å². The van der Waals surface area contributed by atoms with Gasteiger partial charge in [0.15, 0.2) is 5.16 Å². The topological polar surface area (TPSA) is 101 Å². The summed E-state index contributed by atoms with van der Waals surface area (Å²) in [7, 11) is 1.36. The molecule has 0 bridgehead atoms. The number of nitrogens with zero attached hydrogens (tertiary/aromatic N) is 1. The fourth-order valence-corrected chi connectivity index (χ4v) is 5.37. The zero-order valence-corrected chi connectivity index (χ0v) is 18.3. The first-order valence-corrected chi connectivity index (χ1v) is 11.6. The van der Waals surface area contributed by atoms with Crippen LogP contribution in [0.15, 0.2) is 16.0 Å². The van der Waals surface area contributed by atoms with Gasteiger partial charge in [-0.1, -0.05) is 31.5 Å². The minimum atomic E-state index is -0.411. The van der Waals surface area contributed by atoms with Gasteiger partial charge in [-0.2, -0.15) is 0 Å². The average Bonchev–Trinajstić information content (AvgIpc) is 2.86. The molecule has 0 aliphatic heterocycles. The number of carbonyl (C=O) groups is 2. The minimum Gasteiger partial charge on any atom is -0.465 e. The van der Waals surface area contributed by atoms with E-state index in [1.807, 2.05) is 6.92 Å². The fourth-order valence-electron chi connectivity index (χ4n) is 3.38. The number of ether oxygens (including phenoxy) is 1. The molecule has 1 aliphatic rings. The van der Waals surface area contributed by atoms with Crippen LogP contribution in [0.5, 0.6) is 0 Å². The molecule has 7 nitrogen and oxygen atoms in total. The summed E-state index contributed by atoms with van der Waals surface area (Å²) in [6.07, 6.45) is 6.62. The van der Waals surface area contributed by atoms with Crippen LogP contribution < -0.4 is 10.9 Å². The highest BCUT2D eigenvalue weighted by molar-refractivity contribution is 7.99. The molecule has 2 aromatic rings. The zero-order chi connectivity index (χ0) is 20.8. The molecule has 2 heterocycles. The van der Waals surface area contributed by atoms with Crippen LogP contribution in [0.3, 0.4) is 0 Å². The molecular weight excluding hydrogens is 410 g/mol. The Kier molecular flexibility index (Phi) is 7.49. The molecule has 0 spiro atoms. The summed E-state index contributed by atoms with van der Waals surface area (Å²) in [6.45, 7) is 2.02. The first-order valence-electron chi connectivity index (χ1n) is 9.77. The molecule has 0 aromatic carbocycles. The van der Waals surface area contributed by atoms with Crippen molar-refractivity contribution in [1.82, 2.24) is 9.97 Å². The maximum Gasteiger partial charge on any atom is 0.341 e. The maximum atomic E-state index is 12.5. The number of aryl methyl sites for hydroxylation is 2. The molecule has 0 unspecified atom stereocenters. The molecule has 2 aromatic heterocycles. The van der Waals surface area contributed by atoms with E-state index in [1.54, 1.807) is 0 Å². The van der Waals surface area contributed by atoms with Crippen molar-refractivity contribution in [3.05, 3.63) is 38.1 Å². The van der Waals surface area contributed by atoms with Crippen molar-refractivity contribution in [1.29, 1.82) is 0 Å². The molecule has 156 valence electrons. The molecule has 1 aliphatic carbocycles.